The first-order valence-electron chi connectivity index (χ1n) is 12.9. The predicted octanol–water partition coefficient (Wildman–Crippen LogP) is 9.04. The van der Waals surface area contributed by atoms with E-state index >= 15 is 0 Å². The standard InChI is InChI=1S/C33H34NS/c1-18(2)14-22-9-11-24-23(16-22)17-28-31-26(24)12-13-34(7)32(31)30-21(6)27-15-20(5)8-10-25(27)29(19(3)4)33(30)35-28/h8-13,15-19H,14H2,1-7H3/q+1. The molecule has 2 heterocycles. The maximum absolute atomic E-state index is 2.46. The van der Waals surface area contributed by atoms with E-state index in [4.69, 9.17) is 0 Å². The van der Waals surface area contributed by atoms with Crippen LogP contribution in [0.25, 0.3) is 43.6 Å². The summed E-state index contributed by atoms with van der Waals surface area (Å²) in [7, 11) is 2.21. The molecule has 0 fully saturated rings. The largest absolute Gasteiger partial charge is 0.222 e. The van der Waals surface area contributed by atoms with Crippen molar-refractivity contribution in [2.24, 2.45) is 13.0 Å². The Morgan fingerprint density at radius 1 is 0.829 bits per heavy atom. The van der Waals surface area contributed by atoms with E-state index in [1.165, 1.54) is 75.6 Å². The van der Waals surface area contributed by atoms with E-state index in [0.717, 1.165) is 6.42 Å². The Morgan fingerprint density at radius 3 is 2.34 bits per heavy atom. The third-order valence-corrected chi connectivity index (χ3v) is 8.82. The average Bonchev–Trinajstić information content (AvgIpc) is 2.80. The fourth-order valence-electron chi connectivity index (χ4n) is 6.13. The molecule has 35 heavy (non-hydrogen) atoms. The van der Waals surface area contributed by atoms with Gasteiger partial charge in [-0.15, -0.1) is 0 Å². The topological polar surface area (TPSA) is 3.88 Å². The molecule has 0 spiro atoms. The first-order valence-corrected chi connectivity index (χ1v) is 13.7. The molecule has 2 heteroatoms. The van der Waals surface area contributed by atoms with E-state index in [-0.39, 0.29) is 0 Å². The molecule has 5 aromatic rings. The van der Waals surface area contributed by atoms with Crippen LogP contribution in [0, 0.1) is 19.8 Å². The summed E-state index contributed by atoms with van der Waals surface area (Å²) >= 11 is 1.99. The fourth-order valence-corrected chi connectivity index (χ4v) is 7.65. The van der Waals surface area contributed by atoms with Gasteiger partial charge in [-0.05, 0) is 76.4 Å². The van der Waals surface area contributed by atoms with E-state index in [2.05, 4.69) is 108 Å². The Labute approximate surface area is 213 Å². The van der Waals surface area contributed by atoms with E-state index in [1.807, 2.05) is 11.8 Å². The molecule has 1 aliphatic rings. The lowest BCUT2D eigenvalue weighted by Gasteiger charge is -2.26. The van der Waals surface area contributed by atoms with Crippen LogP contribution in [0.2, 0.25) is 0 Å². The summed E-state index contributed by atoms with van der Waals surface area (Å²) in [6.07, 6.45) is 3.38. The second-order valence-corrected chi connectivity index (χ2v) is 12.2. The van der Waals surface area contributed by atoms with Crippen LogP contribution in [0.3, 0.4) is 0 Å². The van der Waals surface area contributed by atoms with Gasteiger partial charge in [-0.2, -0.15) is 0 Å². The number of hydrogen-bond donors (Lipinski definition) is 0. The quantitative estimate of drug-likeness (QED) is 0.182. The van der Waals surface area contributed by atoms with E-state index in [9.17, 15) is 0 Å². The first kappa shape index (κ1) is 22.6. The average molecular weight is 477 g/mol. The zero-order chi connectivity index (χ0) is 24.6. The summed E-state index contributed by atoms with van der Waals surface area (Å²) in [6.45, 7) is 13.8. The van der Waals surface area contributed by atoms with Crippen molar-refractivity contribution in [3.05, 3.63) is 77.0 Å². The van der Waals surface area contributed by atoms with Crippen LogP contribution in [-0.2, 0) is 13.5 Å². The number of nitrogens with zero attached hydrogens (tertiary/aromatic N) is 1. The van der Waals surface area contributed by atoms with Gasteiger partial charge in [0.05, 0.1) is 10.9 Å². The molecule has 0 saturated heterocycles. The van der Waals surface area contributed by atoms with Gasteiger partial charge in [-0.3, -0.25) is 0 Å². The summed E-state index contributed by atoms with van der Waals surface area (Å²) in [5.74, 6) is 1.11. The van der Waals surface area contributed by atoms with Crippen molar-refractivity contribution in [1.29, 1.82) is 0 Å². The van der Waals surface area contributed by atoms with Crippen molar-refractivity contribution in [1.82, 2.24) is 0 Å². The van der Waals surface area contributed by atoms with Crippen LogP contribution in [0.1, 0.15) is 55.9 Å². The highest BCUT2D eigenvalue weighted by Gasteiger charge is 2.32. The van der Waals surface area contributed by atoms with Gasteiger partial charge in [-0.25, -0.2) is 4.57 Å². The number of hydrogen-bond acceptors (Lipinski definition) is 1. The summed E-state index contributed by atoms with van der Waals surface area (Å²) in [6, 6.07) is 18.9. The second kappa shape index (κ2) is 8.10. The Hall–Kier alpha value is -2.84. The maximum Gasteiger partial charge on any atom is 0.222 e. The molecule has 1 aliphatic heterocycles. The first-order chi connectivity index (χ1) is 16.7. The highest BCUT2D eigenvalue weighted by molar-refractivity contribution is 8.00. The van der Waals surface area contributed by atoms with Crippen molar-refractivity contribution >= 4 is 44.1 Å². The maximum atomic E-state index is 2.46. The van der Waals surface area contributed by atoms with E-state index in [1.54, 1.807) is 0 Å². The third-order valence-electron chi connectivity index (χ3n) is 7.65. The van der Waals surface area contributed by atoms with Crippen molar-refractivity contribution in [3.63, 3.8) is 0 Å². The van der Waals surface area contributed by atoms with Gasteiger partial charge in [0.15, 0.2) is 6.20 Å². The van der Waals surface area contributed by atoms with Gasteiger partial charge in [0.2, 0.25) is 5.69 Å². The molecule has 0 saturated carbocycles. The molecule has 0 unspecified atom stereocenters. The van der Waals surface area contributed by atoms with Crippen LogP contribution < -0.4 is 4.57 Å². The summed E-state index contributed by atoms with van der Waals surface area (Å²) in [5, 5.41) is 8.30. The van der Waals surface area contributed by atoms with Gasteiger partial charge in [0.25, 0.3) is 0 Å². The van der Waals surface area contributed by atoms with Gasteiger partial charge in [-0.1, -0.05) is 81.4 Å². The van der Waals surface area contributed by atoms with Crippen LogP contribution in [0.5, 0.6) is 0 Å². The van der Waals surface area contributed by atoms with Crippen LogP contribution >= 0.6 is 11.8 Å². The molecule has 0 N–H and O–H groups in total. The minimum Gasteiger partial charge on any atom is -0.200 e. The van der Waals surface area contributed by atoms with Crippen molar-refractivity contribution < 1.29 is 4.57 Å². The van der Waals surface area contributed by atoms with Gasteiger partial charge in [0, 0.05) is 21.2 Å². The van der Waals surface area contributed by atoms with Crippen LogP contribution in [0.4, 0.5) is 0 Å². The Balaban J connectivity index is 1.76. The van der Waals surface area contributed by atoms with E-state index in [0.29, 0.717) is 11.8 Å². The molecule has 1 aromatic heterocycles. The second-order valence-electron chi connectivity index (χ2n) is 11.1. The lowest BCUT2D eigenvalue weighted by Crippen LogP contribution is -2.32. The number of aromatic nitrogens is 1. The molecule has 4 aromatic carbocycles. The summed E-state index contributed by atoms with van der Waals surface area (Å²) in [5.41, 5.74) is 8.43. The number of benzene rings is 4. The third kappa shape index (κ3) is 3.41. The smallest absolute Gasteiger partial charge is 0.200 e. The van der Waals surface area contributed by atoms with Crippen molar-refractivity contribution in [3.8, 4) is 11.3 Å². The zero-order valence-electron chi connectivity index (χ0n) is 21.9. The molecular formula is C33H34NS+. The highest BCUT2D eigenvalue weighted by Crippen LogP contribution is 2.54. The molecule has 0 aliphatic carbocycles. The van der Waals surface area contributed by atoms with Gasteiger partial charge >= 0.3 is 0 Å². The number of pyridine rings is 1. The summed E-state index contributed by atoms with van der Waals surface area (Å²) in [4.78, 5) is 2.84. The number of rotatable bonds is 3. The minimum atomic E-state index is 0.450. The molecule has 0 atom stereocenters. The monoisotopic (exact) mass is 476 g/mol. The Kier molecular flexibility index (Phi) is 5.23. The van der Waals surface area contributed by atoms with Crippen LogP contribution in [-0.4, -0.2) is 0 Å². The molecule has 0 bridgehead atoms. The fraction of sp³-hybridized carbons (Fsp3) is 0.303. The molecule has 6 rings (SSSR count). The van der Waals surface area contributed by atoms with Crippen molar-refractivity contribution in [2.75, 3.05) is 0 Å². The Bertz CT molecular complexity index is 1670. The zero-order valence-corrected chi connectivity index (χ0v) is 22.7. The molecule has 1 nitrogen and oxygen atoms in total. The number of aryl methyl sites for hydroxylation is 3. The van der Waals surface area contributed by atoms with E-state index < -0.39 is 0 Å². The van der Waals surface area contributed by atoms with Crippen LogP contribution in [0.15, 0.2) is 64.5 Å². The molecule has 0 amide bonds. The summed E-state index contributed by atoms with van der Waals surface area (Å²) < 4.78 is 2.35. The molecular weight excluding hydrogens is 442 g/mol. The SMILES string of the molecule is Cc1ccc2c(C(C)C)c3c(c(C)c2c1)-c1c2c(cc4cc(CC(C)C)ccc4c2cc[n+]1C)S3. The number of fused-ring (bicyclic) bond motifs is 5. The highest BCUT2D eigenvalue weighted by atomic mass is 32.2. The Morgan fingerprint density at radius 2 is 1.60 bits per heavy atom. The minimum absolute atomic E-state index is 0.450. The molecule has 0 radical (unpaired) electrons. The predicted molar refractivity (Wildman–Crippen MR) is 152 cm³/mol. The van der Waals surface area contributed by atoms with Gasteiger partial charge < -0.3 is 0 Å². The molecule has 176 valence electrons. The lowest BCUT2D eigenvalue weighted by atomic mass is 9.86. The lowest BCUT2D eigenvalue weighted by molar-refractivity contribution is -0.659. The normalized spacial score (nSPS) is 12.9. The van der Waals surface area contributed by atoms with Crippen molar-refractivity contribution in [2.45, 2.75) is 63.7 Å². The van der Waals surface area contributed by atoms with Gasteiger partial charge in [0.1, 0.15) is 7.05 Å².